The van der Waals surface area contributed by atoms with E-state index < -0.39 is 0 Å². The van der Waals surface area contributed by atoms with Crippen LogP contribution in [0.1, 0.15) is 0 Å². The molecule has 0 aliphatic heterocycles. The summed E-state index contributed by atoms with van der Waals surface area (Å²) < 4.78 is 0. The molecule has 0 aliphatic rings. The third-order valence-electron chi connectivity index (χ3n) is 0.118. The van der Waals surface area contributed by atoms with Gasteiger partial charge in [-0.3, -0.25) is 0 Å². The molecule has 5 heavy (non-hydrogen) atoms. The average Bonchev–Trinajstić information content (AvgIpc) is 1.38. The van der Waals surface area contributed by atoms with E-state index in [9.17, 15) is 0 Å². The van der Waals surface area contributed by atoms with Gasteiger partial charge in [0, 0.05) is 7.05 Å². The lowest BCUT2D eigenvalue weighted by molar-refractivity contribution is -0.435. The second-order valence-electron chi connectivity index (χ2n) is 0.621. The van der Waals surface area contributed by atoms with E-state index in [1.165, 1.54) is 7.05 Å². The van der Waals surface area contributed by atoms with Gasteiger partial charge in [0.1, 0.15) is 0 Å². The van der Waals surface area contributed by atoms with E-state index in [-0.39, 0.29) is 0 Å². The van der Waals surface area contributed by atoms with Crippen LogP contribution in [0.4, 0.5) is 0 Å². The lowest BCUT2D eigenvalue weighted by Crippen LogP contribution is -2.23. The van der Waals surface area contributed by atoms with E-state index in [0.29, 0.717) is 5.17 Å². The predicted molar refractivity (Wildman–Crippen MR) is 13.7 cm³/mol. The zero-order valence-electron chi connectivity index (χ0n) is 2.84. The molecule has 0 aliphatic carbocycles. The van der Waals surface area contributed by atoms with Gasteiger partial charge in [0.25, 0.3) is 0 Å². The molecule has 0 heterocycles. The molecule has 0 amide bonds. The molecular formula is CH5N2O2. The van der Waals surface area contributed by atoms with Gasteiger partial charge in [-0.25, -0.2) is 5.84 Å². The first-order valence-corrected chi connectivity index (χ1v) is 1.05. The Balaban J connectivity index is 2.54. The minimum atomic E-state index is 0.569. The van der Waals surface area contributed by atoms with Crippen LogP contribution in [0, 0.1) is 0 Å². The summed E-state index contributed by atoms with van der Waals surface area (Å²) in [5.74, 6) is 4.59. The standard InChI is InChI=1S/CH5N2O2/c1-3(2)5-4/h2H2,1H3. The zero-order valence-corrected chi connectivity index (χ0v) is 2.84. The highest BCUT2D eigenvalue weighted by Crippen LogP contribution is 1.58. The molecule has 1 radical (unpaired) electrons. The summed E-state index contributed by atoms with van der Waals surface area (Å²) in [5, 5.41) is 9.50. The first-order valence-electron chi connectivity index (χ1n) is 1.05. The molecule has 0 aromatic rings. The molecule has 0 aromatic carbocycles. The topological polar surface area (TPSA) is 58.4 Å². The number of hydrogen-bond donors (Lipinski definition) is 1. The summed E-state index contributed by atoms with van der Waals surface area (Å²) in [4.78, 5) is 3.11. The van der Waals surface area contributed by atoms with Crippen molar-refractivity contribution in [3.05, 3.63) is 0 Å². The van der Waals surface area contributed by atoms with Crippen molar-refractivity contribution in [2.24, 2.45) is 5.84 Å². The van der Waals surface area contributed by atoms with E-state index >= 15 is 0 Å². The Hall–Kier alpha value is -0.160. The summed E-state index contributed by atoms with van der Waals surface area (Å²) in [6.45, 7) is 0. The molecule has 31 valence electrons. The second kappa shape index (κ2) is 2.10. The highest BCUT2D eigenvalue weighted by Gasteiger charge is 1.76. The minimum Gasteiger partial charge on any atom is -0.243 e. The fourth-order valence-electron chi connectivity index (χ4n) is 0. The quantitative estimate of drug-likeness (QED) is 0.250. The van der Waals surface area contributed by atoms with E-state index in [2.05, 4.69) is 10.8 Å². The van der Waals surface area contributed by atoms with Gasteiger partial charge in [0.05, 0.1) is 0 Å². The number of rotatable bonds is 1. The molecular weight excluding hydrogens is 72.0 g/mol. The van der Waals surface area contributed by atoms with Gasteiger partial charge < -0.3 is 0 Å². The van der Waals surface area contributed by atoms with E-state index in [0.717, 1.165) is 0 Å². The molecule has 0 aromatic heterocycles. The van der Waals surface area contributed by atoms with Crippen LogP contribution in [0.5, 0.6) is 0 Å². The van der Waals surface area contributed by atoms with E-state index in [1.54, 1.807) is 0 Å². The highest BCUT2D eigenvalue weighted by atomic mass is 17.2. The van der Waals surface area contributed by atoms with E-state index in [4.69, 9.17) is 5.26 Å². The Bertz CT molecular complexity index is 21.6. The Morgan fingerprint density at radius 2 is 2.20 bits per heavy atom. The van der Waals surface area contributed by atoms with Gasteiger partial charge in [0.2, 0.25) is 0 Å². The summed E-state index contributed by atoms with van der Waals surface area (Å²) in [6, 6.07) is 0. The fraction of sp³-hybridized carbons (Fsp3) is 1.00. The molecule has 0 rings (SSSR count). The predicted octanol–water partition coefficient (Wildman–Crippen LogP) is -0.931. The van der Waals surface area contributed by atoms with Crippen LogP contribution < -0.4 is 5.84 Å². The van der Waals surface area contributed by atoms with Crippen molar-refractivity contribution in [1.29, 1.82) is 0 Å². The van der Waals surface area contributed by atoms with Crippen LogP contribution in [0.2, 0.25) is 0 Å². The lowest BCUT2D eigenvalue weighted by atomic mass is 11.5. The summed E-state index contributed by atoms with van der Waals surface area (Å²) >= 11 is 0. The van der Waals surface area contributed by atoms with Crippen LogP contribution in [-0.4, -0.2) is 12.2 Å². The average molecular weight is 77.1 g/mol. The SMILES string of the molecule is CN(N)O[O]. The van der Waals surface area contributed by atoms with Gasteiger partial charge in [-0.1, -0.05) is 10.2 Å². The number of hydrazine groups is 1. The number of hydroxylamine groups is 1. The van der Waals surface area contributed by atoms with Gasteiger partial charge in [0.15, 0.2) is 0 Å². The summed E-state index contributed by atoms with van der Waals surface area (Å²) in [6.07, 6.45) is 0. The number of hydrogen-bond acceptors (Lipinski definition) is 3. The maximum absolute atomic E-state index is 8.93. The maximum atomic E-state index is 8.93. The molecule has 4 nitrogen and oxygen atoms in total. The Morgan fingerprint density at radius 3 is 2.20 bits per heavy atom. The molecule has 0 saturated carbocycles. The zero-order chi connectivity index (χ0) is 4.28. The minimum absolute atomic E-state index is 0.569. The molecule has 4 heteroatoms. The van der Waals surface area contributed by atoms with Crippen molar-refractivity contribution in [2.75, 3.05) is 7.05 Å². The van der Waals surface area contributed by atoms with Crippen LogP contribution in [0.3, 0.4) is 0 Å². The van der Waals surface area contributed by atoms with Gasteiger partial charge in [-0.15, -0.1) is 0 Å². The highest BCUT2D eigenvalue weighted by molar-refractivity contribution is 3.83. The Kier molecular flexibility index (Phi) is 2.03. The summed E-state index contributed by atoms with van der Waals surface area (Å²) in [5.41, 5.74) is 0. The van der Waals surface area contributed by atoms with Crippen molar-refractivity contribution < 1.29 is 10.2 Å². The van der Waals surface area contributed by atoms with Crippen molar-refractivity contribution >= 4 is 0 Å². The molecule has 0 spiro atoms. The van der Waals surface area contributed by atoms with Crippen molar-refractivity contribution in [3.8, 4) is 0 Å². The molecule has 0 saturated heterocycles. The maximum Gasteiger partial charge on any atom is 0.0317 e. The van der Waals surface area contributed by atoms with Gasteiger partial charge in [-0.05, 0) is 5.26 Å². The largest absolute Gasteiger partial charge is 0.243 e. The van der Waals surface area contributed by atoms with Gasteiger partial charge >= 0.3 is 0 Å². The molecule has 2 N–H and O–H groups in total. The first-order chi connectivity index (χ1) is 2.27. The van der Waals surface area contributed by atoms with Gasteiger partial charge in [-0.2, -0.15) is 0 Å². The molecule has 0 unspecified atom stereocenters. The Morgan fingerprint density at radius 1 is 2.00 bits per heavy atom. The van der Waals surface area contributed by atoms with Crippen LogP contribution in [0.25, 0.3) is 0 Å². The third-order valence-corrected chi connectivity index (χ3v) is 0.118. The second-order valence-corrected chi connectivity index (χ2v) is 0.621. The molecule has 0 fully saturated rings. The van der Waals surface area contributed by atoms with E-state index in [1.807, 2.05) is 0 Å². The molecule has 0 bridgehead atoms. The first kappa shape index (κ1) is 4.84. The summed E-state index contributed by atoms with van der Waals surface area (Å²) in [7, 11) is 1.30. The Labute approximate surface area is 29.6 Å². The van der Waals surface area contributed by atoms with Crippen LogP contribution >= 0.6 is 0 Å². The lowest BCUT2D eigenvalue weighted by Gasteiger charge is -1.94. The van der Waals surface area contributed by atoms with Crippen molar-refractivity contribution in [2.45, 2.75) is 0 Å². The van der Waals surface area contributed by atoms with Crippen molar-refractivity contribution in [1.82, 2.24) is 5.17 Å². The number of nitrogens with two attached hydrogens (primary N) is 1. The number of nitrogens with zero attached hydrogens (tertiary/aromatic N) is 1. The smallest absolute Gasteiger partial charge is 0.0317 e. The third kappa shape index (κ3) is 3.84. The monoisotopic (exact) mass is 77.0 g/mol. The molecule has 0 atom stereocenters. The fourth-order valence-corrected chi connectivity index (χ4v) is 0. The van der Waals surface area contributed by atoms with Crippen molar-refractivity contribution in [3.63, 3.8) is 0 Å². The van der Waals surface area contributed by atoms with Crippen LogP contribution in [0.15, 0.2) is 0 Å². The van der Waals surface area contributed by atoms with Crippen LogP contribution in [-0.2, 0) is 10.2 Å². The normalized spacial score (nSPS) is 9.60.